The summed E-state index contributed by atoms with van der Waals surface area (Å²) in [7, 11) is 2.04. The van der Waals surface area contributed by atoms with Gasteiger partial charge in [0.05, 0.1) is 0 Å². The number of nitrogens with zero attached hydrogens (tertiary/aromatic N) is 1. The van der Waals surface area contributed by atoms with Gasteiger partial charge in [-0.05, 0) is 30.8 Å². The van der Waals surface area contributed by atoms with Gasteiger partial charge in [-0.15, -0.1) is 0 Å². The lowest BCUT2D eigenvalue weighted by Gasteiger charge is -2.16. The molecule has 0 aliphatic heterocycles. The second-order valence-electron chi connectivity index (χ2n) is 5.02. The molecular weight excluding hydrogens is 394 g/mol. The molecule has 0 fully saturated rings. The normalized spacial score (nSPS) is 10.9. The Balaban J connectivity index is 1.86. The van der Waals surface area contributed by atoms with Crippen LogP contribution in [0.1, 0.15) is 22.3 Å². The fraction of sp³-hybridized carbons (Fsp3) is 0.235. The Bertz CT molecular complexity index is 610. The first-order chi connectivity index (χ1) is 10.1. The van der Waals surface area contributed by atoms with Gasteiger partial charge in [0, 0.05) is 34.0 Å². The number of carbonyl (C=O) groups is 1. The van der Waals surface area contributed by atoms with Gasteiger partial charge in [-0.25, -0.2) is 0 Å². The molecule has 0 unspecified atom stereocenters. The highest BCUT2D eigenvalue weighted by Crippen LogP contribution is 2.18. The predicted molar refractivity (Wildman–Crippen MR) is 93.6 cm³/mol. The van der Waals surface area contributed by atoms with Crippen LogP contribution in [0.15, 0.2) is 57.5 Å². The first-order valence-corrected chi connectivity index (χ1v) is 8.35. The van der Waals surface area contributed by atoms with Crippen molar-refractivity contribution in [1.29, 1.82) is 0 Å². The SMILES string of the molecule is CN(CCC(=O)c1ccccc1Br)Cc1ccc(Br)cc1. The highest BCUT2D eigenvalue weighted by atomic mass is 79.9. The van der Waals surface area contributed by atoms with Gasteiger partial charge in [0.15, 0.2) is 5.78 Å². The van der Waals surface area contributed by atoms with Gasteiger partial charge < -0.3 is 4.90 Å². The molecule has 0 radical (unpaired) electrons. The first kappa shape index (κ1) is 16.4. The van der Waals surface area contributed by atoms with Gasteiger partial charge in [-0.1, -0.05) is 62.2 Å². The van der Waals surface area contributed by atoms with Crippen LogP contribution in [0.3, 0.4) is 0 Å². The predicted octanol–water partition coefficient (Wildman–Crippen LogP) is 4.92. The molecule has 0 aliphatic carbocycles. The average molecular weight is 411 g/mol. The molecule has 0 bridgehead atoms. The number of Topliss-reactive ketones (excluding diaryl/α,β-unsaturated/α-hetero) is 1. The Morgan fingerprint density at radius 3 is 2.38 bits per heavy atom. The molecule has 0 aliphatic rings. The molecule has 4 heteroatoms. The van der Waals surface area contributed by atoms with E-state index >= 15 is 0 Å². The van der Waals surface area contributed by atoms with Crippen molar-refractivity contribution in [1.82, 2.24) is 4.90 Å². The monoisotopic (exact) mass is 409 g/mol. The Morgan fingerprint density at radius 1 is 1.05 bits per heavy atom. The average Bonchev–Trinajstić information content (AvgIpc) is 2.48. The standard InChI is InChI=1S/C17H17Br2NO/c1-20(12-13-6-8-14(18)9-7-13)11-10-17(21)15-4-2-3-5-16(15)19/h2-9H,10-12H2,1H3. The highest BCUT2D eigenvalue weighted by Gasteiger charge is 2.10. The van der Waals surface area contributed by atoms with Crippen molar-refractivity contribution in [3.05, 3.63) is 68.6 Å². The van der Waals surface area contributed by atoms with Crippen molar-refractivity contribution in [2.75, 3.05) is 13.6 Å². The molecule has 21 heavy (non-hydrogen) atoms. The molecule has 0 spiro atoms. The molecule has 110 valence electrons. The summed E-state index contributed by atoms with van der Waals surface area (Å²) in [6.07, 6.45) is 0.523. The van der Waals surface area contributed by atoms with E-state index in [1.54, 1.807) is 0 Å². The van der Waals surface area contributed by atoms with E-state index in [-0.39, 0.29) is 5.78 Å². The van der Waals surface area contributed by atoms with E-state index in [0.717, 1.165) is 27.6 Å². The maximum absolute atomic E-state index is 12.2. The Labute approximate surface area is 142 Å². The van der Waals surface area contributed by atoms with E-state index in [2.05, 4.69) is 48.9 Å². The van der Waals surface area contributed by atoms with Crippen LogP contribution in [-0.2, 0) is 6.54 Å². The summed E-state index contributed by atoms with van der Waals surface area (Å²) in [6, 6.07) is 15.8. The zero-order valence-electron chi connectivity index (χ0n) is 11.9. The van der Waals surface area contributed by atoms with Crippen LogP contribution in [-0.4, -0.2) is 24.3 Å². The van der Waals surface area contributed by atoms with Crippen molar-refractivity contribution in [2.24, 2.45) is 0 Å². The highest BCUT2D eigenvalue weighted by molar-refractivity contribution is 9.10. The number of hydrogen-bond donors (Lipinski definition) is 0. The lowest BCUT2D eigenvalue weighted by molar-refractivity contribution is 0.0967. The van der Waals surface area contributed by atoms with E-state index in [4.69, 9.17) is 0 Å². The van der Waals surface area contributed by atoms with Crippen LogP contribution in [0.25, 0.3) is 0 Å². The zero-order chi connectivity index (χ0) is 15.2. The summed E-state index contributed by atoms with van der Waals surface area (Å²) < 4.78 is 1.95. The minimum atomic E-state index is 0.171. The third-order valence-corrected chi connectivity index (χ3v) is 4.48. The molecule has 2 nitrogen and oxygen atoms in total. The van der Waals surface area contributed by atoms with Crippen LogP contribution < -0.4 is 0 Å². The first-order valence-electron chi connectivity index (χ1n) is 6.77. The smallest absolute Gasteiger partial charge is 0.165 e. The van der Waals surface area contributed by atoms with Crippen LogP contribution in [0.4, 0.5) is 0 Å². The number of carbonyl (C=O) groups excluding carboxylic acids is 1. The summed E-state index contributed by atoms with van der Waals surface area (Å²) in [6.45, 7) is 1.59. The van der Waals surface area contributed by atoms with Crippen molar-refractivity contribution in [2.45, 2.75) is 13.0 Å². The second kappa shape index (κ2) is 7.87. The quantitative estimate of drug-likeness (QED) is 0.630. The van der Waals surface area contributed by atoms with Crippen LogP contribution in [0.5, 0.6) is 0 Å². The van der Waals surface area contributed by atoms with Gasteiger partial charge in [-0.2, -0.15) is 0 Å². The van der Waals surface area contributed by atoms with Crippen molar-refractivity contribution < 1.29 is 4.79 Å². The summed E-state index contributed by atoms with van der Waals surface area (Å²) in [5.74, 6) is 0.171. The largest absolute Gasteiger partial charge is 0.302 e. The van der Waals surface area contributed by atoms with E-state index < -0.39 is 0 Å². The van der Waals surface area contributed by atoms with E-state index in [1.165, 1.54) is 5.56 Å². The van der Waals surface area contributed by atoms with Crippen molar-refractivity contribution in [3.63, 3.8) is 0 Å². The second-order valence-corrected chi connectivity index (χ2v) is 6.79. The summed E-state index contributed by atoms with van der Waals surface area (Å²) in [5.41, 5.74) is 2.00. The van der Waals surface area contributed by atoms with Crippen LogP contribution in [0.2, 0.25) is 0 Å². The molecule has 0 aromatic heterocycles. The summed E-state index contributed by atoms with van der Waals surface area (Å²) in [4.78, 5) is 14.4. The third-order valence-electron chi connectivity index (χ3n) is 3.26. The van der Waals surface area contributed by atoms with E-state index in [1.807, 2.05) is 43.4 Å². The lowest BCUT2D eigenvalue weighted by Crippen LogP contribution is -2.21. The topological polar surface area (TPSA) is 20.3 Å². The summed E-state index contributed by atoms with van der Waals surface area (Å²) >= 11 is 6.86. The number of benzene rings is 2. The molecule has 0 N–H and O–H groups in total. The lowest BCUT2D eigenvalue weighted by atomic mass is 10.1. The molecular formula is C17H17Br2NO. The van der Waals surface area contributed by atoms with Gasteiger partial charge in [0.1, 0.15) is 0 Å². The molecule has 0 heterocycles. The van der Waals surface area contributed by atoms with Crippen LogP contribution >= 0.6 is 31.9 Å². The minimum absolute atomic E-state index is 0.171. The maximum atomic E-state index is 12.2. The number of ketones is 1. The van der Waals surface area contributed by atoms with Crippen LogP contribution in [0, 0.1) is 0 Å². The maximum Gasteiger partial charge on any atom is 0.165 e. The number of rotatable bonds is 6. The summed E-state index contributed by atoms with van der Waals surface area (Å²) in [5, 5.41) is 0. The van der Waals surface area contributed by atoms with Crippen molar-refractivity contribution in [3.8, 4) is 0 Å². The van der Waals surface area contributed by atoms with Gasteiger partial charge in [0.25, 0.3) is 0 Å². The Morgan fingerprint density at radius 2 is 1.71 bits per heavy atom. The molecule has 0 amide bonds. The number of hydrogen-bond acceptors (Lipinski definition) is 2. The minimum Gasteiger partial charge on any atom is -0.302 e. The van der Waals surface area contributed by atoms with E-state index in [9.17, 15) is 4.79 Å². The van der Waals surface area contributed by atoms with Gasteiger partial charge >= 0.3 is 0 Å². The Kier molecular flexibility index (Phi) is 6.15. The molecule has 2 aromatic rings. The molecule has 2 aromatic carbocycles. The third kappa shape index (κ3) is 5.06. The number of halogens is 2. The molecule has 0 saturated carbocycles. The van der Waals surface area contributed by atoms with Gasteiger partial charge in [-0.3, -0.25) is 4.79 Å². The van der Waals surface area contributed by atoms with Crippen molar-refractivity contribution >= 4 is 37.6 Å². The van der Waals surface area contributed by atoms with E-state index in [0.29, 0.717) is 6.42 Å². The zero-order valence-corrected chi connectivity index (χ0v) is 15.0. The fourth-order valence-corrected chi connectivity index (χ4v) is 2.87. The van der Waals surface area contributed by atoms with Gasteiger partial charge in [0.2, 0.25) is 0 Å². The molecule has 0 atom stereocenters. The molecule has 2 rings (SSSR count). The Hall–Kier alpha value is -0.970. The fourth-order valence-electron chi connectivity index (χ4n) is 2.09. The molecule has 0 saturated heterocycles.